The third-order valence-electron chi connectivity index (χ3n) is 4.00. The summed E-state index contributed by atoms with van der Waals surface area (Å²) in [6, 6.07) is 2.01. The second-order valence-electron chi connectivity index (χ2n) is 5.73. The van der Waals surface area contributed by atoms with E-state index in [0.29, 0.717) is 12.5 Å². The molecule has 1 aromatic rings. The average Bonchev–Trinajstić information content (AvgIpc) is 2.75. The number of aromatic nitrogens is 2. The Kier molecular flexibility index (Phi) is 5.17. The van der Waals surface area contributed by atoms with Gasteiger partial charge in [0.05, 0.1) is 5.69 Å². The third kappa shape index (κ3) is 3.82. The molecule has 1 amide bonds. The Morgan fingerprint density at radius 2 is 2.35 bits per heavy atom. The lowest BCUT2D eigenvalue weighted by atomic mass is 9.99. The minimum Gasteiger partial charge on any atom is -0.341 e. The van der Waals surface area contributed by atoms with E-state index in [4.69, 9.17) is 0 Å². The number of likely N-dealkylation sites (N-methyl/N-ethyl adjacent to an activating group) is 1. The van der Waals surface area contributed by atoms with E-state index in [1.54, 1.807) is 4.68 Å². The van der Waals surface area contributed by atoms with Gasteiger partial charge in [0, 0.05) is 18.8 Å². The lowest BCUT2D eigenvalue weighted by Crippen LogP contribution is -2.42. The van der Waals surface area contributed by atoms with Crippen molar-refractivity contribution in [1.82, 2.24) is 20.0 Å². The van der Waals surface area contributed by atoms with E-state index < -0.39 is 0 Å². The van der Waals surface area contributed by atoms with Crippen molar-refractivity contribution in [2.75, 3.05) is 26.2 Å². The summed E-state index contributed by atoms with van der Waals surface area (Å²) in [6.45, 7) is 10.1. The molecule has 0 aromatic carbocycles. The van der Waals surface area contributed by atoms with Gasteiger partial charge in [-0.3, -0.25) is 9.48 Å². The number of aryl methyl sites for hydroxylation is 2. The topological polar surface area (TPSA) is 50.2 Å². The second kappa shape index (κ2) is 6.88. The summed E-state index contributed by atoms with van der Waals surface area (Å²) in [5.74, 6) is 0.761. The van der Waals surface area contributed by atoms with Gasteiger partial charge in [0.25, 0.3) is 0 Å². The van der Waals surface area contributed by atoms with Crippen LogP contribution >= 0.6 is 0 Å². The zero-order valence-corrected chi connectivity index (χ0v) is 12.9. The molecule has 1 aromatic heterocycles. The largest absolute Gasteiger partial charge is 0.341 e. The van der Waals surface area contributed by atoms with Gasteiger partial charge < -0.3 is 10.2 Å². The van der Waals surface area contributed by atoms with Gasteiger partial charge in [-0.15, -0.1) is 0 Å². The van der Waals surface area contributed by atoms with Gasteiger partial charge >= 0.3 is 0 Å². The summed E-state index contributed by atoms with van der Waals surface area (Å²) < 4.78 is 1.81. The highest BCUT2D eigenvalue weighted by atomic mass is 16.2. The molecule has 2 heterocycles. The maximum absolute atomic E-state index is 12.4. The molecule has 112 valence electrons. The first-order valence-electron chi connectivity index (χ1n) is 7.59. The zero-order chi connectivity index (χ0) is 14.5. The summed E-state index contributed by atoms with van der Waals surface area (Å²) in [5, 5.41) is 7.78. The first-order valence-corrected chi connectivity index (χ1v) is 7.59. The smallest absolute Gasteiger partial charge is 0.244 e. The van der Waals surface area contributed by atoms with Crippen molar-refractivity contribution in [3.8, 4) is 0 Å². The maximum atomic E-state index is 12.4. The summed E-state index contributed by atoms with van der Waals surface area (Å²) in [7, 11) is 0. The molecular formula is C15H26N4O. The van der Waals surface area contributed by atoms with Crippen LogP contribution in [0.15, 0.2) is 6.07 Å². The van der Waals surface area contributed by atoms with Crippen LogP contribution in [0.3, 0.4) is 0 Å². The molecule has 1 saturated heterocycles. The molecule has 1 aliphatic heterocycles. The van der Waals surface area contributed by atoms with E-state index in [0.717, 1.165) is 37.6 Å². The molecule has 20 heavy (non-hydrogen) atoms. The van der Waals surface area contributed by atoms with Crippen molar-refractivity contribution < 1.29 is 4.79 Å². The molecule has 5 heteroatoms. The van der Waals surface area contributed by atoms with Crippen LogP contribution in [0.4, 0.5) is 0 Å². The minimum absolute atomic E-state index is 0.171. The van der Waals surface area contributed by atoms with Crippen LogP contribution in [-0.2, 0) is 11.3 Å². The predicted octanol–water partition coefficient (Wildman–Crippen LogP) is 1.35. The van der Waals surface area contributed by atoms with Crippen LogP contribution < -0.4 is 5.32 Å². The fourth-order valence-electron chi connectivity index (χ4n) is 2.86. The van der Waals surface area contributed by atoms with Gasteiger partial charge in [0.15, 0.2) is 0 Å². The summed E-state index contributed by atoms with van der Waals surface area (Å²) in [5.41, 5.74) is 2.01. The normalized spacial score (nSPS) is 19.1. The summed E-state index contributed by atoms with van der Waals surface area (Å²) in [6.07, 6.45) is 2.44. The molecule has 2 rings (SSSR count). The number of nitrogens with one attached hydrogen (secondary N) is 1. The Labute approximate surface area is 121 Å². The van der Waals surface area contributed by atoms with Crippen LogP contribution in [0, 0.1) is 19.8 Å². The molecular weight excluding hydrogens is 252 g/mol. The highest BCUT2D eigenvalue weighted by Crippen LogP contribution is 2.12. The van der Waals surface area contributed by atoms with E-state index in [9.17, 15) is 4.79 Å². The molecule has 1 aliphatic rings. The van der Waals surface area contributed by atoms with E-state index in [-0.39, 0.29) is 5.91 Å². The molecule has 0 spiro atoms. The third-order valence-corrected chi connectivity index (χ3v) is 4.00. The molecule has 0 saturated carbocycles. The summed E-state index contributed by atoms with van der Waals surface area (Å²) >= 11 is 0. The van der Waals surface area contributed by atoms with Crippen LogP contribution in [0.5, 0.6) is 0 Å². The standard InChI is InChI=1S/C15H26N4O/c1-4-18(10-14-6-5-7-16-9-14)15(20)11-19-13(3)8-12(2)17-19/h8,14,16H,4-7,9-11H2,1-3H3. The number of nitrogens with zero attached hydrogens (tertiary/aromatic N) is 3. The Morgan fingerprint density at radius 3 is 2.90 bits per heavy atom. The fraction of sp³-hybridized carbons (Fsp3) is 0.733. The number of amides is 1. The molecule has 5 nitrogen and oxygen atoms in total. The van der Waals surface area contributed by atoms with Crippen LogP contribution in [0.25, 0.3) is 0 Å². The molecule has 0 aliphatic carbocycles. The number of hydrogen-bond acceptors (Lipinski definition) is 3. The lowest BCUT2D eigenvalue weighted by molar-refractivity contribution is -0.132. The van der Waals surface area contributed by atoms with Crippen molar-refractivity contribution in [2.24, 2.45) is 5.92 Å². The summed E-state index contributed by atoms with van der Waals surface area (Å²) in [4.78, 5) is 14.4. The van der Waals surface area contributed by atoms with E-state index >= 15 is 0 Å². The number of hydrogen-bond donors (Lipinski definition) is 1. The van der Waals surface area contributed by atoms with Crippen molar-refractivity contribution in [2.45, 2.75) is 40.2 Å². The van der Waals surface area contributed by atoms with E-state index in [1.807, 2.05) is 24.8 Å². The fourth-order valence-corrected chi connectivity index (χ4v) is 2.86. The molecule has 1 unspecified atom stereocenters. The maximum Gasteiger partial charge on any atom is 0.244 e. The monoisotopic (exact) mass is 278 g/mol. The minimum atomic E-state index is 0.171. The Balaban J connectivity index is 1.92. The second-order valence-corrected chi connectivity index (χ2v) is 5.73. The van der Waals surface area contributed by atoms with Crippen molar-refractivity contribution in [3.63, 3.8) is 0 Å². The lowest BCUT2D eigenvalue weighted by Gasteiger charge is -2.29. The van der Waals surface area contributed by atoms with Crippen molar-refractivity contribution >= 4 is 5.91 Å². The van der Waals surface area contributed by atoms with Crippen LogP contribution in [-0.4, -0.2) is 46.8 Å². The van der Waals surface area contributed by atoms with Crippen LogP contribution in [0.1, 0.15) is 31.2 Å². The van der Waals surface area contributed by atoms with Gasteiger partial charge in [0.2, 0.25) is 5.91 Å². The SMILES string of the molecule is CCN(CC1CCCNC1)C(=O)Cn1nc(C)cc1C. The predicted molar refractivity (Wildman–Crippen MR) is 79.5 cm³/mol. The van der Waals surface area contributed by atoms with E-state index in [2.05, 4.69) is 17.3 Å². The van der Waals surface area contributed by atoms with Gasteiger partial charge in [-0.25, -0.2) is 0 Å². The number of carbonyl (C=O) groups is 1. The van der Waals surface area contributed by atoms with Gasteiger partial charge in [-0.2, -0.15) is 5.10 Å². The molecule has 1 fully saturated rings. The highest BCUT2D eigenvalue weighted by Gasteiger charge is 2.20. The Hall–Kier alpha value is -1.36. The zero-order valence-electron chi connectivity index (χ0n) is 12.9. The molecule has 1 N–H and O–H groups in total. The van der Waals surface area contributed by atoms with Crippen molar-refractivity contribution in [1.29, 1.82) is 0 Å². The van der Waals surface area contributed by atoms with Crippen LogP contribution in [0.2, 0.25) is 0 Å². The Bertz CT molecular complexity index is 449. The quantitative estimate of drug-likeness (QED) is 0.884. The first-order chi connectivity index (χ1) is 9.60. The number of carbonyl (C=O) groups excluding carboxylic acids is 1. The molecule has 0 radical (unpaired) electrons. The van der Waals surface area contributed by atoms with Gasteiger partial charge in [-0.05, 0) is 58.7 Å². The van der Waals surface area contributed by atoms with Gasteiger partial charge in [0.1, 0.15) is 6.54 Å². The highest BCUT2D eigenvalue weighted by molar-refractivity contribution is 5.76. The molecule has 1 atom stereocenters. The van der Waals surface area contributed by atoms with E-state index in [1.165, 1.54) is 12.8 Å². The molecule has 0 bridgehead atoms. The number of piperidine rings is 1. The van der Waals surface area contributed by atoms with Gasteiger partial charge in [-0.1, -0.05) is 0 Å². The van der Waals surface area contributed by atoms with Crippen molar-refractivity contribution in [3.05, 3.63) is 17.5 Å². The first kappa shape index (κ1) is 15.0. The average molecular weight is 278 g/mol. The number of rotatable bonds is 5. The Morgan fingerprint density at radius 1 is 1.55 bits per heavy atom.